The number of urea groups is 1. The highest BCUT2D eigenvalue weighted by Crippen LogP contribution is 2.25. The lowest BCUT2D eigenvalue weighted by molar-refractivity contribution is -0.146. The van der Waals surface area contributed by atoms with Gasteiger partial charge in [0.15, 0.2) is 0 Å². The number of carboxylic acid groups (broad SMARTS) is 1. The molecule has 1 atom stereocenters. The largest absolute Gasteiger partial charge is 0.481 e. The maximum atomic E-state index is 13.7. The molecule has 1 unspecified atom stereocenters. The van der Waals surface area contributed by atoms with E-state index in [-0.39, 0.29) is 24.9 Å². The summed E-state index contributed by atoms with van der Waals surface area (Å²) in [7, 11) is 1.59. The van der Waals surface area contributed by atoms with Crippen molar-refractivity contribution in [2.24, 2.45) is 5.92 Å². The number of rotatable bonds is 3. The van der Waals surface area contributed by atoms with Crippen molar-refractivity contribution < 1.29 is 19.1 Å². The van der Waals surface area contributed by atoms with Crippen molar-refractivity contribution in [1.82, 2.24) is 9.80 Å². The monoisotopic (exact) mass is 280 g/mol. The lowest BCUT2D eigenvalue weighted by Crippen LogP contribution is -2.56. The van der Waals surface area contributed by atoms with Gasteiger partial charge in [0.25, 0.3) is 0 Å². The standard InChI is InChI=1S/C14H17FN2O3/c1-9(11-5-3-4-6-12(11)15)16(2)14(20)17-7-10(8-17)13(18)19/h3-6,9-10H,7-8H2,1-2H3,(H,18,19). The molecule has 0 saturated carbocycles. The molecule has 108 valence electrons. The van der Waals surface area contributed by atoms with Crippen molar-refractivity contribution in [2.75, 3.05) is 20.1 Å². The number of carbonyl (C=O) groups excluding carboxylic acids is 1. The maximum Gasteiger partial charge on any atom is 0.320 e. The molecule has 0 spiro atoms. The summed E-state index contributed by atoms with van der Waals surface area (Å²) >= 11 is 0. The van der Waals surface area contributed by atoms with Crippen LogP contribution in [0.15, 0.2) is 24.3 Å². The Kier molecular flexibility index (Phi) is 3.92. The first-order valence-corrected chi connectivity index (χ1v) is 6.40. The molecule has 1 aliphatic heterocycles. The van der Waals surface area contributed by atoms with Crippen LogP contribution < -0.4 is 0 Å². The second kappa shape index (κ2) is 5.48. The van der Waals surface area contributed by atoms with E-state index in [0.717, 1.165) is 0 Å². The van der Waals surface area contributed by atoms with Gasteiger partial charge >= 0.3 is 12.0 Å². The van der Waals surface area contributed by atoms with Gasteiger partial charge in [-0.2, -0.15) is 0 Å². The van der Waals surface area contributed by atoms with E-state index < -0.39 is 17.9 Å². The average Bonchev–Trinajstić information content (AvgIpc) is 2.35. The van der Waals surface area contributed by atoms with Crippen molar-refractivity contribution >= 4 is 12.0 Å². The van der Waals surface area contributed by atoms with Gasteiger partial charge in [0.1, 0.15) is 5.82 Å². The zero-order valence-electron chi connectivity index (χ0n) is 11.4. The molecule has 1 saturated heterocycles. The summed E-state index contributed by atoms with van der Waals surface area (Å²) in [5, 5.41) is 8.79. The summed E-state index contributed by atoms with van der Waals surface area (Å²) < 4.78 is 13.7. The quantitative estimate of drug-likeness (QED) is 0.920. The fourth-order valence-corrected chi connectivity index (χ4v) is 2.20. The number of amides is 2. The molecule has 0 aliphatic carbocycles. The molecule has 0 aromatic heterocycles. The van der Waals surface area contributed by atoms with E-state index >= 15 is 0 Å². The van der Waals surface area contributed by atoms with Gasteiger partial charge in [-0.3, -0.25) is 4.79 Å². The van der Waals surface area contributed by atoms with Crippen LogP contribution in [-0.2, 0) is 4.79 Å². The molecule has 2 amide bonds. The normalized spacial score (nSPS) is 16.4. The Morgan fingerprint density at radius 1 is 1.40 bits per heavy atom. The molecule has 1 N–H and O–H groups in total. The Bertz CT molecular complexity index is 529. The number of likely N-dealkylation sites (tertiary alicyclic amines) is 1. The number of aliphatic carboxylic acids is 1. The van der Waals surface area contributed by atoms with Gasteiger partial charge in [-0.25, -0.2) is 9.18 Å². The van der Waals surface area contributed by atoms with Crippen LogP contribution in [-0.4, -0.2) is 47.0 Å². The maximum absolute atomic E-state index is 13.7. The van der Waals surface area contributed by atoms with Crippen molar-refractivity contribution in [3.8, 4) is 0 Å². The minimum absolute atomic E-state index is 0.211. The van der Waals surface area contributed by atoms with Crippen LogP contribution in [0.3, 0.4) is 0 Å². The van der Waals surface area contributed by atoms with Gasteiger partial charge in [-0.15, -0.1) is 0 Å². The molecule has 6 heteroatoms. The number of carboxylic acids is 1. The first kappa shape index (κ1) is 14.3. The lowest BCUT2D eigenvalue weighted by atomic mass is 10.0. The second-order valence-electron chi connectivity index (χ2n) is 5.03. The number of nitrogens with zero attached hydrogens (tertiary/aromatic N) is 2. The molecule has 1 aliphatic rings. The third-order valence-corrected chi connectivity index (χ3v) is 3.74. The Morgan fingerprint density at radius 2 is 2.00 bits per heavy atom. The molecule has 1 aromatic carbocycles. The zero-order valence-corrected chi connectivity index (χ0v) is 11.4. The Balaban J connectivity index is 2.01. The lowest BCUT2D eigenvalue weighted by Gasteiger charge is -2.40. The minimum Gasteiger partial charge on any atom is -0.481 e. The number of benzene rings is 1. The Labute approximate surface area is 116 Å². The van der Waals surface area contributed by atoms with Crippen LogP contribution in [0.25, 0.3) is 0 Å². The molecule has 2 rings (SSSR count). The Hall–Kier alpha value is -2.11. The second-order valence-corrected chi connectivity index (χ2v) is 5.03. The van der Waals surface area contributed by atoms with Crippen LogP contribution in [0.5, 0.6) is 0 Å². The molecule has 0 radical (unpaired) electrons. The van der Waals surface area contributed by atoms with E-state index in [1.54, 1.807) is 32.2 Å². The molecule has 0 bridgehead atoms. The highest BCUT2D eigenvalue weighted by molar-refractivity contribution is 5.80. The van der Waals surface area contributed by atoms with E-state index in [1.165, 1.54) is 15.9 Å². The number of carbonyl (C=O) groups is 2. The first-order chi connectivity index (χ1) is 9.41. The van der Waals surface area contributed by atoms with Crippen molar-refractivity contribution in [3.63, 3.8) is 0 Å². The molecule has 1 fully saturated rings. The van der Waals surface area contributed by atoms with Crippen LogP contribution in [0.1, 0.15) is 18.5 Å². The molecule has 20 heavy (non-hydrogen) atoms. The third kappa shape index (κ3) is 2.59. The number of hydrogen-bond acceptors (Lipinski definition) is 2. The number of hydrogen-bond donors (Lipinski definition) is 1. The summed E-state index contributed by atoms with van der Waals surface area (Å²) in [5.41, 5.74) is 0.443. The van der Waals surface area contributed by atoms with Gasteiger partial charge in [-0.05, 0) is 13.0 Å². The number of halogens is 1. The van der Waals surface area contributed by atoms with Gasteiger partial charge in [-0.1, -0.05) is 18.2 Å². The van der Waals surface area contributed by atoms with E-state index in [2.05, 4.69) is 0 Å². The predicted octanol–water partition coefficient (Wildman–Crippen LogP) is 1.95. The van der Waals surface area contributed by atoms with Crippen molar-refractivity contribution in [1.29, 1.82) is 0 Å². The molecule has 1 aromatic rings. The summed E-state index contributed by atoms with van der Waals surface area (Å²) in [6.07, 6.45) is 0. The smallest absolute Gasteiger partial charge is 0.320 e. The van der Waals surface area contributed by atoms with E-state index in [9.17, 15) is 14.0 Å². The van der Waals surface area contributed by atoms with Crippen molar-refractivity contribution in [3.05, 3.63) is 35.6 Å². The molecule has 1 heterocycles. The van der Waals surface area contributed by atoms with Crippen LogP contribution in [0, 0.1) is 11.7 Å². The highest BCUT2D eigenvalue weighted by Gasteiger charge is 2.37. The van der Waals surface area contributed by atoms with Gasteiger partial charge < -0.3 is 14.9 Å². The Morgan fingerprint density at radius 3 is 2.55 bits per heavy atom. The molecular formula is C14H17FN2O3. The van der Waals surface area contributed by atoms with Crippen LogP contribution in [0.2, 0.25) is 0 Å². The third-order valence-electron chi connectivity index (χ3n) is 3.74. The van der Waals surface area contributed by atoms with Gasteiger partial charge in [0, 0.05) is 25.7 Å². The summed E-state index contributed by atoms with van der Waals surface area (Å²) in [5.74, 6) is -1.73. The zero-order chi connectivity index (χ0) is 14.9. The minimum atomic E-state index is -0.890. The van der Waals surface area contributed by atoms with Gasteiger partial charge in [0.2, 0.25) is 0 Å². The van der Waals surface area contributed by atoms with E-state index in [1.807, 2.05) is 0 Å². The van der Waals surface area contributed by atoms with E-state index in [4.69, 9.17) is 5.11 Å². The van der Waals surface area contributed by atoms with Gasteiger partial charge in [0.05, 0.1) is 12.0 Å². The van der Waals surface area contributed by atoms with Crippen molar-refractivity contribution in [2.45, 2.75) is 13.0 Å². The van der Waals surface area contributed by atoms with Crippen LogP contribution >= 0.6 is 0 Å². The summed E-state index contributed by atoms with van der Waals surface area (Å²) in [4.78, 5) is 25.8. The summed E-state index contributed by atoms with van der Waals surface area (Å²) in [6.45, 7) is 2.16. The predicted molar refractivity (Wildman–Crippen MR) is 70.7 cm³/mol. The highest BCUT2D eigenvalue weighted by atomic mass is 19.1. The molecule has 5 nitrogen and oxygen atoms in total. The van der Waals surface area contributed by atoms with Crippen LogP contribution in [0.4, 0.5) is 9.18 Å². The average molecular weight is 280 g/mol. The first-order valence-electron chi connectivity index (χ1n) is 6.40. The SMILES string of the molecule is CC(c1ccccc1F)N(C)C(=O)N1CC(C(=O)O)C1. The fraction of sp³-hybridized carbons (Fsp3) is 0.429. The fourth-order valence-electron chi connectivity index (χ4n) is 2.20. The van der Waals surface area contributed by atoms with E-state index in [0.29, 0.717) is 5.56 Å². The topological polar surface area (TPSA) is 60.9 Å². The molecular weight excluding hydrogens is 263 g/mol. The summed E-state index contributed by atoms with van der Waals surface area (Å²) in [6, 6.07) is 5.62.